The van der Waals surface area contributed by atoms with Gasteiger partial charge in [-0.3, -0.25) is 10.1 Å². The van der Waals surface area contributed by atoms with Crippen LogP contribution in [0.2, 0.25) is 0 Å². The summed E-state index contributed by atoms with van der Waals surface area (Å²) in [6, 6.07) is 0.508. The maximum Gasteiger partial charge on any atom is 0.244 e. The normalized spacial score (nSPS) is 38.4. The first-order valence-corrected chi connectivity index (χ1v) is 7.82. The van der Waals surface area contributed by atoms with Gasteiger partial charge in [-0.15, -0.1) is 0 Å². The molecule has 3 heteroatoms. The highest BCUT2D eigenvalue weighted by Crippen LogP contribution is 2.45. The van der Waals surface area contributed by atoms with Crippen LogP contribution >= 0.6 is 0 Å². The third kappa shape index (κ3) is 1.78. The van der Waals surface area contributed by atoms with Gasteiger partial charge >= 0.3 is 0 Å². The maximum absolute atomic E-state index is 12.7. The van der Waals surface area contributed by atoms with Crippen molar-refractivity contribution < 1.29 is 4.79 Å². The first-order valence-electron chi connectivity index (χ1n) is 7.82. The summed E-state index contributed by atoms with van der Waals surface area (Å²) in [4.78, 5) is 14.9. The van der Waals surface area contributed by atoms with Gasteiger partial charge in [-0.25, -0.2) is 0 Å². The van der Waals surface area contributed by atoms with Gasteiger partial charge in [-0.1, -0.05) is 33.1 Å². The SMILES string of the molecule is CCC1CCCCC1N1C(=O)C2(CC2)NC1CC. The van der Waals surface area contributed by atoms with Crippen molar-refractivity contribution in [3.63, 3.8) is 0 Å². The highest BCUT2D eigenvalue weighted by Gasteiger charge is 2.60. The number of nitrogens with zero attached hydrogens (tertiary/aromatic N) is 1. The van der Waals surface area contributed by atoms with E-state index < -0.39 is 0 Å². The van der Waals surface area contributed by atoms with Crippen LogP contribution in [-0.4, -0.2) is 28.6 Å². The van der Waals surface area contributed by atoms with Gasteiger partial charge in [-0.05, 0) is 38.0 Å². The molecule has 18 heavy (non-hydrogen) atoms. The van der Waals surface area contributed by atoms with Crippen molar-refractivity contribution in [2.45, 2.75) is 83.0 Å². The Morgan fingerprint density at radius 3 is 2.56 bits per heavy atom. The molecule has 1 aliphatic heterocycles. The topological polar surface area (TPSA) is 32.3 Å². The lowest BCUT2D eigenvalue weighted by molar-refractivity contribution is -0.135. The van der Waals surface area contributed by atoms with E-state index in [4.69, 9.17) is 0 Å². The molecule has 0 bridgehead atoms. The van der Waals surface area contributed by atoms with Crippen LogP contribution in [0, 0.1) is 5.92 Å². The number of carbonyl (C=O) groups excluding carboxylic acids is 1. The van der Waals surface area contributed by atoms with Crippen LogP contribution in [0.15, 0.2) is 0 Å². The van der Waals surface area contributed by atoms with Gasteiger partial charge in [0.15, 0.2) is 0 Å². The average molecular weight is 250 g/mol. The first-order chi connectivity index (χ1) is 8.72. The van der Waals surface area contributed by atoms with Crippen molar-refractivity contribution >= 4 is 5.91 Å². The molecule has 1 amide bonds. The summed E-state index contributed by atoms with van der Waals surface area (Å²) >= 11 is 0. The minimum atomic E-state index is -0.129. The highest BCUT2D eigenvalue weighted by atomic mass is 16.2. The predicted molar refractivity (Wildman–Crippen MR) is 72.1 cm³/mol. The van der Waals surface area contributed by atoms with E-state index in [1.54, 1.807) is 0 Å². The van der Waals surface area contributed by atoms with E-state index in [2.05, 4.69) is 24.1 Å². The number of rotatable bonds is 3. The Morgan fingerprint density at radius 1 is 1.22 bits per heavy atom. The van der Waals surface area contributed by atoms with Crippen molar-refractivity contribution in [3.8, 4) is 0 Å². The lowest BCUT2D eigenvalue weighted by Crippen LogP contribution is -2.49. The van der Waals surface area contributed by atoms with Gasteiger partial charge in [0.2, 0.25) is 5.91 Å². The molecule has 3 unspecified atom stereocenters. The fourth-order valence-electron chi connectivity index (χ4n) is 4.03. The van der Waals surface area contributed by atoms with Crippen LogP contribution < -0.4 is 5.32 Å². The van der Waals surface area contributed by atoms with Crippen LogP contribution in [0.5, 0.6) is 0 Å². The highest BCUT2D eigenvalue weighted by molar-refractivity contribution is 5.92. The van der Waals surface area contributed by atoms with Crippen LogP contribution in [0.3, 0.4) is 0 Å². The molecule has 1 saturated heterocycles. The number of amides is 1. The standard InChI is InChI=1S/C15H26N2O/c1-3-11-7-5-6-8-12(11)17-13(4-2)16-15(9-10-15)14(17)18/h11-13,16H,3-10H2,1-2H3. The van der Waals surface area contributed by atoms with Gasteiger partial charge in [-0.2, -0.15) is 0 Å². The van der Waals surface area contributed by atoms with E-state index in [0.717, 1.165) is 25.2 Å². The molecule has 1 N–H and O–H groups in total. The first kappa shape index (κ1) is 12.5. The molecule has 3 nitrogen and oxygen atoms in total. The summed E-state index contributed by atoms with van der Waals surface area (Å²) in [7, 11) is 0. The fourth-order valence-corrected chi connectivity index (χ4v) is 4.03. The zero-order valence-corrected chi connectivity index (χ0v) is 11.7. The summed E-state index contributed by atoms with van der Waals surface area (Å²) in [5.74, 6) is 1.15. The summed E-state index contributed by atoms with van der Waals surface area (Å²) in [6.07, 6.45) is 9.87. The Balaban J connectivity index is 1.82. The molecule has 3 atom stereocenters. The summed E-state index contributed by atoms with van der Waals surface area (Å²) in [6.45, 7) is 4.48. The second-order valence-electron chi connectivity index (χ2n) is 6.38. The second-order valence-corrected chi connectivity index (χ2v) is 6.38. The fraction of sp³-hybridized carbons (Fsp3) is 0.933. The molecule has 102 valence electrons. The molecule has 3 fully saturated rings. The molecule has 1 spiro atoms. The van der Waals surface area contributed by atoms with E-state index in [1.807, 2.05) is 0 Å². The van der Waals surface area contributed by atoms with Gasteiger partial charge in [0.1, 0.15) is 0 Å². The van der Waals surface area contributed by atoms with Crippen LogP contribution in [0.25, 0.3) is 0 Å². The predicted octanol–water partition coefficient (Wildman–Crippen LogP) is 2.66. The lowest BCUT2D eigenvalue weighted by atomic mass is 9.81. The van der Waals surface area contributed by atoms with Crippen molar-refractivity contribution in [3.05, 3.63) is 0 Å². The van der Waals surface area contributed by atoms with Crippen molar-refractivity contribution in [2.24, 2.45) is 5.92 Å². The largest absolute Gasteiger partial charge is 0.322 e. The van der Waals surface area contributed by atoms with E-state index in [9.17, 15) is 4.79 Å². The summed E-state index contributed by atoms with van der Waals surface area (Å²) in [5, 5.41) is 3.61. The van der Waals surface area contributed by atoms with Crippen molar-refractivity contribution in [1.29, 1.82) is 0 Å². The molecule has 0 aromatic heterocycles. The molecule has 1 heterocycles. The Morgan fingerprint density at radius 2 is 1.94 bits per heavy atom. The molecular formula is C15H26N2O. The number of nitrogens with one attached hydrogen (secondary N) is 1. The number of hydrogen-bond acceptors (Lipinski definition) is 2. The maximum atomic E-state index is 12.7. The third-order valence-electron chi connectivity index (χ3n) is 5.31. The Labute approximate surface area is 110 Å². The minimum absolute atomic E-state index is 0.129. The molecular weight excluding hydrogens is 224 g/mol. The zero-order chi connectivity index (χ0) is 12.8. The molecule has 0 aromatic carbocycles. The van der Waals surface area contributed by atoms with Gasteiger partial charge in [0.05, 0.1) is 11.7 Å². The minimum Gasteiger partial charge on any atom is -0.322 e. The third-order valence-corrected chi connectivity index (χ3v) is 5.31. The monoisotopic (exact) mass is 250 g/mol. The zero-order valence-electron chi connectivity index (χ0n) is 11.7. The van der Waals surface area contributed by atoms with E-state index in [0.29, 0.717) is 18.1 Å². The van der Waals surface area contributed by atoms with E-state index in [1.165, 1.54) is 32.1 Å². The quantitative estimate of drug-likeness (QED) is 0.835. The molecule has 3 aliphatic rings. The summed E-state index contributed by atoms with van der Waals surface area (Å²) in [5.41, 5.74) is -0.129. The van der Waals surface area contributed by atoms with Gasteiger partial charge in [0, 0.05) is 6.04 Å². The lowest BCUT2D eigenvalue weighted by Gasteiger charge is -2.40. The number of carbonyl (C=O) groups is 1. The Bertz CT molecular complexity index is 337. The van der Waals surface area contributed by atoms with Gasteiger partial charge < -0.3 is 4.90 Å². The van der Waals surface area contributed by atoms with Crippen LogP contribution in [0.4, 0.5) is 0 Å². The molecule has 0 aromatic rings. The molecule has 3 rings (SSSR count). The Kier molecular flexibility index (Phi) is 3.13. The Hall–Kier alpha value is -0.570. The van der Waals surface area contributed by atoms with Crippen LogP contribution in [0.1, 0.15) is 65.2 Å². The molecule has 2 aliphatic carbocycles. The summed E-state index contributed by atoms with van der Waals surface area (Å²) < 4.78 is 0. The molecule has 0 radical (unpaired) electrons. The molecule has 2 saturated carbocycles. The van der Waals surface area contributed by atoms with E-state index in [-0.39, 0.29) is 5.54 Å². The van der Waals surface area contributed by atoms with Crippen molar-refractivity contribution in [2.75, 3.05) is 0 Å². The second kappa shape index (κ2) is 4.52. The van der Waals surface area contributed by atoms with Gasteiger partial charge in [0.25, 0.3) is 0 Å². The van der Waals surface area contributed by atoms with Crippen LogP contribution in [-0.2, 0) is 4.79 Å². The number of hydrogen-bond donors (Lipinski definition) is 1. The average Bonchev–Trinajstić information content (AvgIpc) is 3.13. The smallest absolute Gasteiger partial charge is 0.244 e. The van der Waals surface area contributed by atoms with Crippen molar-refractivity contribution in [1.82, 2.24) is 10.2 Å². The van der Waals surface area contributed by atoms with E-state index >= 15 is 0 Å².